The Balaban J connectivity index is 1.32. The molecule has 1 amide bonds. The van der Waals surface area contributed by atoms with Gasteiger partial charge in [0.15, 0.2) is 15.6 Å². The molecule has 0 saturated carbocycles. The monoisotopic (exact) mass is 454 g/mol. The number of carbonyl (C=O) groups excluding carboxylic acids is 1. The lowest BCUT2D eigenvalue weighted by molar-refractivity contribution is 0.0557. The molecule has 1 unspecified atom stereocenters. The van der Waals surface area contributed by atoms with Crippen LogP contribution in [0.2, 0.25) is 0 Å². The molecule has 2 aliphatic heterocycles. The van der Waals surface area contributed by atoms with Gasteiger partial charge in [0, 0.05) is 43.2 Å². The number of hydrogen-bond donors (Lipinski definition) is 0. The van der Waals surface area contributed by atoms with E-state index in [4.69, 9.17) is 9.15 Å². The van der Waals surface area contributed by atoms with Crippen molar-refractivity contribution in [2.75, 3.05) is 37.7 Å². The molecule has 7 nitrogen and oxygen atoms in total. The fraction of sp³-hybridized carbons (Fsp3) is 0.375. The second-order valence-corrected chi connectivity index (χ2v) is 10.6. The van der Waals surface area contributed by atoms with E-state index >= 15 is 0 Å². The molecule has 8 heteroatoms. The van der Waals surface area contributed by atoms with Crippen LogP contribution in [0.4, 0.5) is 0 Å². The standard InChI is InChI=1S/C24H26N2O5S/c27-24(26-13-11-25(12-14-26)18-10-15-32(28,29)17-18)23-21(16-30-19-6-2-1-3-7-19)20-8-4-5-9-22(20)31-23/h1-9,18H,10-17H2. The summed E-state index contributed by atoms with van der Waals surface area (Å²) in [7, 11) is -2.92. The second-order valence-electron chi connectivity index (χ2n) is 8.39. The Hall–Kier alpha value is -2.84. The van der Waals surface area contributed by atoms with E-state index in [0.29, 0.717) is 43.9 Å². The minimum Gasteiger partial charge on any atom is -0.489 e. The second kappa shape index (κ2) is 8.60. The van der Waals surface area contributed by atoms with E-state index in [0.717, 1.165) is 16.7 Å². The van der Waals surface area contributed by atoms with Gasteiger partial charge in [0.2, 0.25) is 0 Å². The molecule has 5 rings (SSSR count). The number of rotatable bonds is 5. The van der Waals surface area contributed by atoms with Gasteiger partial charge in [-0.15, -0.1) is 0 Å². The number of furan rings is 1. The van der Waals surface area contributed by atoms with Crippen molar-refractivity contribution in [3.8, 4) is 5.75 Å². The van der Waals surface area contributed by atoms with Gasteiger partial charge in [-0.3, -0.25) is 9.69 Å². The number of benzene rings is 2. The molecule has 0 bridgehead atoms. The van der Waals surface area contributed by atoms with E-state index in [9.17, 15) is 13.2 Å². The summed E-state index contributed by atoms with van der Waals surface area (Å²) in [6.45, 7) is 2.67. The predicted octanol–water partition coefficient (Wildman–Crippen LogP) is 2.96. The summed E-state index contributed by atoms with van der Waals surface area (Å²) in [5, 5.41) is 0.876. The lowest BCUT2D eigenvalue weighted by atomic mass is 10.1. The summed E-state index contributed by atoms with van der Waals surface area (Å²) in [6.07, 6.45) is 0.681. The predicted molar refractivity (Wildman–Crippen MR) is 122 cm³/mol. The lowest BCUT2D eigenvalue weighted by Crippen LogP contribution is -2.52. The molecule has 32 heavy (non-hydrogen) atoms. The van der Waals surface area contributed by atoms with E-state index in [2.05, 4.69) is 4.90 Å². The SMILES string of the molecule is O=C(c1oc2ccccc2c1COc1ccccc1)N1CCN(C2CCS(=O)(=O)C2)CC1. The number of ether oxygens (including phenoxy) is 1. The normalized spacial score (nSPS) is 21.1. The molecule has 2 saturated heterocycles. The highest BCUT2D eigenvalue weighted by Crippen LogP contribution is 2.29. The average Bonchev–Trinajstić information content (AvgIpc) is 3.37. The molecule has 0 spiro atoms. The Morgan fingerprint density at radius 1 is 1.00 bits per heavy atom. The van der Waals surface area contributed by atoms with Gasteiger partial charge in [-0.05, 0) is 24.6 Å². The van der Waals surface area contributed by atoms with Crippen LogP contribution in [0.1, 0.15) is 22.5 Å². The Morgan fingerprint density at radius 3 is 2.44 bits per heavy atom. The molecule has 168 valence electrons. The van der Waals surface area contributed by atoms with Gasteiger partial charge in [-0.2, -0.15) is 0 Å². The van der Waals surface area contributed by atoms with Gasteiger partial charge >= 0.3 is 0 Å². The van der Waals surface area contributed by atoms with E-state index in [1.807, 2.05) is 54.6 Å². The molecule has 3 heterocycles. The zero-order chi connectivity index (χ0) is 22.1. The van der Waals surface area contributed by atoms with Crippen LogP contribution >= 0.6 is 0 Å². The van der Waals surface area contributed by atoms with Crippen molar-refractivity contribution in [1.82, 2.24) is 9.80 Å². The first-order valence-corrected chi connectivity index (χ1v) is 12.7. The van der Waals surface area contributed by atoms with Gasteiger partial charge < -0.3 is 14.1 Å². The summed E-state index contributed by atoms with van der Waals surface area (Å²) in [6, 6.07) is 17.2. The third-order valence-electron chi connectivity index (χ3n) is 6.35. The number of hydrogen-bond acceptors (Lipinski definition) is 6. The summed E-state index contributed by atoms with van der Waals surface area (Å²) >= 11 is 0. The third kappa shape index (κ3) is 4.25. The van der Waals surface area contributed by atoms with Crippen LogP contribution in [0.25, 0.3) is 11.0 Å². The molecule has 1 aromatic heterocycles. The molecule has 3 aromatic rings. The maximum atomic E-state index is 13.4. The van der Waals surface area contributed by atoms with E-state index in [-0.39, 0.29) is 30.1 Å². The summed E-state index contributed by atoms with van der Waals surface area (Å²) in [5.41, 5.74) is 1.41. The third-order valence-corrected chi connectivity index (χ3v) is 8.10. The first-order chi connectivity index (χ1) is 15.5. The molecule has 0 N–H and O–H groups in total. The van der Waals surface area contributed by atoms with Crippen LogP contribution in [0.5, 0.6) is 5.75 Å². The molecule has 1 atom stereocenters. The van der Waals surface area contributed by atoms with Gasteiger partial charge in [0.25, 0.3) is 5.91 Å². The van der Waals surface area contributed by atoms with Gasteiger partial charge in [0.1, 0.15) is 17.9 Å². The van der Waals surface area contributed by atoms with Gasteiger partial charge in [-0.25, -0.2) is 8.42 Å². The van der Waals surface area contributed by atoms with Gasteiger partial charge in [-0.1, -0.05) is 36.4 Å². The first kappa shape index (κ1) is 21.0. The smallest absolute Gasteiger partial charge is 0.290 e. The maximum absolute atomic E-state index is 13.4. The van der Waals surface area contributed by atoms with Crippen LogP contribution in [0.3, 0.4) is 0 Å². The summed E-state index contributed by atoms with van der Waals surface area (Å²) < 4.78 is 35.6. The van der Waals surface area contributed by atoms with Crippen LogP contribution in [-0.4, -0.2) is 67.9 Å². The molecular weight excluding hydrogens is 428 g/mol. The van der Waals surface area contributed by atoms with E-state index < -0.39 is 9.84 Å². The highest BCUT2D eigenvalue weighted by Gasteiger charge is 2.35. The summed E-state index contributed by atoms with van der Waals surface area (Å²) in [4.78, 5) is 17.4. The topological polar surface area (TPSA) is 80.1 Å². The van der Waals surface area contributed by atoms with Crippen LogP contribution in [0.15, 0.2) is 59.0 Å². The zero-order valence-corrected chi connectivity index (χ0v) is 18.6. The summed E-state index contributed by atoms with van der Waals surface area (Å²) in [5.74, 6) is 1.40. The van der Waals surface area contributed by atoms with Crippen LogP contribution < -0.4 is 4.74 Å². The fourth-order valence-corrected chi connectivity index (χ4v) is 6.35. The number of amides is 1. The van der Waals surface area contributed by atoms with E-state index in [1.165, 1.54) is 0 Å². The highest BCUT2D eigenvalue weighted by atomic mass is 32.2. The van der Waals surface area contributed by atoms with Crippen LogP contribution in [-0.2, 0) is 16.4 Å². The van der Waals surface area contributed by atoms with Crippen molar-refractivity contribution < 1.29 is 22.4 Å². The van der Waals surface area contributed by atoms with Crippen LogP contribution in [0, 0.1) is 0 Å². The Kier molecular flexibility index (Phi) is 5.65. The number of para-hydroxylation sites is 2. The molecule has 0 radical (unpaired) electrons. The van der Waals surface area contributed by atoms with Gasteiger partial charge in [0.05, 0.1) is 11.5 Å². The number of carbonyl (C=O) groups is 1. The van der Waals surface area contributed by atoms with Crippen molar-refractivity contribution in [3.05, 3.63) is 65.9 Å². The highest BCUT2D eigenvalue weighted by molar-refractivity contribution is 7.91. The Morgan fingerprint density at radius 2 is 1.72 bits per heavy atom. The molecule has 0 aliphatic carbocycles. The van der Waals surface area contributed by atoms with E-state index in [1.54, 1.807) is 4.90 Å². The number of piperazine rings is 1. The number of sulfone groups is 1. The minimum atomic E-state index is -2.92. The maximum Gasteiger partial charge on any atom is 0.290 e. The largest absolute Gasteiger partial charge is 0.489 e. The quantitative estimate of drug-likeness (QED) is 0.590. The molecule has 2 aliphatic rings. The molecular formula is C24H26N2O5S. The molecule has 2 fully saturated rings. The zero-order valence-electron chi connectivity index (χ0n) is 17.8. The van der Waals surface area contributed by atoms with Crippen molar-refractivity contribution in [2.24, 2.45) is 0 Å². The number of fused-ring (bicyclic) bond motifs is 1. The Labute approximate surface area is 187 Å². The first-order valence-electron chi connectivity index (χ1n) is 10.9. The minimum absolute atomic E-state index is 0.0679. The van der Waals surface area contributed by atoms with Crippen molar-refractivity contribution in [3.63, 3.8) is 0 Å². The average molecular weight is 455 g/mol. The van der Waals surface area contributed by atoms with Crippen molar-refractivity contribution in [2.45, 2.75) is 19.1 Å². The lowest BCUT2D eigenvalue weighted by Gasteiger charge is -2.37. The fourth-order valence-electron chi connectivity index (χ4n) is 4.58. The Bertz CT molecular complexity index is 1210. The number of nitrogens with zero attached hydrogens (tertiary/aromatic N) is 2. The van der Waals surface area contributed by atoms with Crippen molar-refractivity contribution in [1.29, 1.82) is 0 Å². The van der Waals surface area contributed by atoms with Crippen molar-refractivity contribution >= 4 is 26.7 Å². The molecule has 2 aromatic carbocycles.